The maximum absolute atomic E-state index is 4.70. The summed E-state index contributed by atoms with van der Waals surface area (Å²) < 4.78 is 0. The molecule has 1 aromatic carbocycles. The van der Waals surface area contributed by atoms with E-state index in [-0.39, 0.29) is 0 Å². The Morgan fingerprint density at radius 3 is 2.50 bits per heavy atom. The number of aliphatic imine (C=N–C) groups is 1. The summed E-state index contributed by atoms with van der Waals surface area (Å²) in [6, 6.07) is 6.55. The van der Waals surface area contributed by atoms with Gasteiger partial charge in [0.05, 0.1) is 6.54 Å². The van der Waals surface area contributed by atoms with Crippen LogP contribution in [0.2, 0.25) is 0 Å². The highest BCUT2D eigenvalue weighted by Gasteiger charge is 2.02. The first-order chi connectivity index (χ1) is 8.62. The van der Waals surface area contributed by atoms with E-state index in [1.807, 2.05) is 13.0 Å². The highest BCUT2D eigenvalue weighted by atomic mass is 14.7. The van der Waals surface area contributed by atoms with Crippen LogP contribution < -0.4 is 0 Å². The normalized spacial score (nSPS) is 12.7. The first kappa shape index (κ1) is 14.4. The van der Waals surface area contributed by atoms with E-state index in [0.29, 0.717) is 0 Å². The SMILES string of the molecule is C=C/C(=C\C)CN=C(CC)c1ccc(C)c(C)c1. The van der Waals surface area contributed by atoms with Crippen LogP contribution in [-0.4, -0.2) is 12.3 Å². The Morgan fingerprint density at radius 2 is 2.00 bits per heavy atom. The summed E-state index contributed by atoms with van der Waals surface area (Å²) in [6.45, 7) is 13.0. The number of benzene rings is 1. The zero-order valence-corrected chi connectivity index (χ0v) is 12.0. The zero-order valence-electron chi connectivity index (χ0n) is 12.0. The highest BCUT2D eigenvalue weighted by molar-refractivity contribution is 6.00. The lowest BCUT2D eigenvalue weighted by Gasteiger charge is -2.08. The van der Waals surface area contributed by atoms with E-state index < -0.39 is 0 Å². The molecule has 0 saturated carbocycles. The van der Waals surface area contributed by atoms with E-state index in [1.54, 1.807) is 0 Å². The number of aryl methyl sites for hydroxylation is 2. The van der Waals surface area contributed by atoms with E-state index in [0.717, 1.165) is 13.0 Å². The molecule has 0 bridgehead atoms. The number of hydrogen-bond acceptors (Lipinski definition) is 1. The van der Waals surface area contributed by atoms with Gasteiger partial charge in [-0.1, -0.05) is 37.8 Å². The molecule has 0 heterocycles. The molecule has 0 radical (unpaired) electrons. The predicted molar refractivity (Wildman–Crippen MR) is 81.6 cm³/mol. The Kier molecular flexibility index (Phi) is 5.57. The maximum Gasteiger partial charge on any atom is 0.0639 e. The number of rotatable bonds is 5. The van der Waals surface area contributed by atoms with Gasteiger partial charge in [0, 0.05) is 5.71 Å². The van der Waals surface area contributed by atoms with Crippen LogP contribution in [0.4, 0.5) is 0 Å². The van der Waals surface area contributed by atoms with Gasteiger partial charge < -0.3 is 0 Å². The molecule has 0 saturated heterocycles. The van der Waals surface area contributed by atoms with Gasteiger partial charge in [-0.05, 0) is 55.5 Å². The van der Waals surface area contributed by atoms with Gasteiger partial charge >= 0.3 is 0 Å². The van der Waals surface area contributed by atoms with Crippen LogP contribution in [-0.2, 0) is 0 Å². The molecule has 0 aliphatic carbocycles. The lowest BCUT2D eigenvalue weighted by atomic mass is 10.0. The van der Waals surface area contributed by atoms with Gasteiger partial charge in [-0.15, -0.1) is 0 Å². The molecule has 1 rings (SSSR count). The lowest BCUT2D eigenvalue weighted by Crippen LogP contribution is -2.02. The second-order valence-corrected chi connectivity index (χ2v) is 4.48. The Hall–Kier alpha value is -1.63. The molecule has 96 valence electrons. The zero-order chi connectivity index (χ0) is 13.5. The van der Waals surface area contributed by atoms with Gasteiger partial charge in [0.25, 0.3) is 0 Å². The van der Waals surface area contributed by atoms with Gasteiger partial charge in [0.2, 0.25) is 0 Å². The van der Waals surface area contributed by atoms with Crippen molar-refractivity contribution in [3.05, 3.63) is 59.2 Å². The number of nitrogens with zero attached hydrogens (tertiary/aromatic N) is 1. The smallest absolute Gasteiger partial charge is 0.0639 e. The number of hydrogen-bond donors (Lipinski definition) is 0. The van der Waals surface area contributed by atoms with Crippen molar-refractivity contribution < 1.29 is 0 Å². The minimum absolute atomic E-state index is 0.718. The van der Waals surface area contributed by atoms with Gasteiger partial charge in [-0.25, -0.2) is 0 Å². The second kappa shape index (κ2) is 6.95. The van der Waals surface area contributed by atoms with Crippen molar-refractivity contribution in [1.29, 1.82) is 0 Å². The van der Waals surface area contributed by atoms with Gasteiger partial charge in [-0.3, -0.25) is 4.99 Å². The van der Waals surface area contributed by atoms with Gasteiger partial charge in [0.15, 0.2) is 0 Å². The minimum Gasteiger partial charge on any atom is -0.284 e. The molecule has 0 aliphatic rings. The van der Waals surface area contributed by atoms with Crippen molar-refractivity contribution in [2.45, 2.75) is 34.1 Å². The molecule has 0 aliphatic heterocycles. The molecule has 0 amide bonds. The van der Waals surface area contributed by atoms with Crippen LogP contribution in [0.25, 0.3) is 0 Å². The third-order valence-electron chi connectivity index (χ3n) is 3.26. The average Bonchev–Trinajstić information content (AvgIpc) is 2.38. The molecule has 0 unspecified atom stereocenters. The van der Waals surface area contributed by atoms with Crippen molar-refractivity contribution in [3.63, 3.8) is 0 Å². The Labute approximate surface area is 111 Å². The third-order valence-corrected chi connectivity index (χ3v) is 3.26. The fourth-order valence-electron chi connectivity index (χ4n) is 1.79. The van der Waals surface area contributed by atoms with E-state index in [9.17, 15) is 0 Å². The van der Waals surface area contributed by atoms with Crippen molar-refractivity contribution in [2.75, 3.05) is 6.54 Å². The Morgan fingerprint density at radius 1 is 1.28 bits per heavy atom. The monoisotopic (exact) mass is 241 g/mol. The van der Waals surface area contributed by atoms with Gasteiger partial charge in [0.1, 0.15) is 0 Å². The molecule has 1 nitrogen and oxygen atoms in total. The van der Waals surface area contributed by atoms with E-state index in [2.05, 4.69) is 51.6 Å². The first-order valence-corrected chi connectivity index (χ1v) is 6.51. The summed E-state index contributed by atoms with van der Waals surface area (Å²) in [6.07, 6.45) is 4.89. The van der Waals surface area contributed by atoms with E-state index in [1.165, 1.54) is 28.0 Å². The minimum atomic E-state index is 0.718. The van der Waals surface area contributed by atoms with Gasteiger partial charge in [-0.2, -0.15) is 0 Å². The first-order valence-electron chi connectivity index (χ1n) is 6.51. The molecule has 1 aromatic rings. The molecule has 0 atom stereocenters. The summed E-state index contributed by atoms with van der Waals surface area (Å²) >= 11 is 0. The van der Waals surface area contributed by atoms with E-state index >= 15 is 0 Å². The molecular weight excluding hydrogens is 218 g/mol. The fraction of sp³-hybridized carbons (Fsp3) is 0.353. The largest absolute Gasteiger partial charge is 0.284 e. The van der Waals surface area contributed by atoms with Crippen LogP contribution in [0.5, 0.6) is 0 Å². The quantitative estimate of drug-likeness (QED) is 0.526. The summed E-state index contributed by atoms with van der Waals surface area (Å²) in [4.78, 5) is 4.70. The Balaban J connectivity index is 2.98. The van der Waals surface area contributed by atoms with Crippen molar-refractivity contribution in [1.82, 2.24) is 0 Å². The van der Waals surface area contributed by atoms with Crippen LogP contribution >= 0.6 is 0 Å². The lowest BCUT2D eigenvalue weighted by molar-refractivity contribution is 1.13. The summed E-state index contributed by atoms with van der Waals surface area (Å²) in [5, 5.41) is 0. The summed E-state index contributed by atoms with van der Waals surface area (Å²) in [5.41, 5.74) is 6.22. The topological polar surface area (TPSA) is 12.4 Å². The van der Waals surface area contributed by atoms with Crippen molar-refractivity contribution >= 4 is 5.71 Å². The Bertz CT molecular complexity index is 478. The average molecular weight is 241 g/mol. The second-order valence-electron chi connectivity index (χ2n) is 4.48. The van der Waals surface area contributed by atoms with Crippen LogP contribution in [0.1, 0.15) is 37.0 Å². The number of allylic oxidation sites excluding steroid dienone is 1. The molecule has 0 spiro atoms. The van der Waals surface area contributed by atoms with Crippen molar-refractivity contribution in [3.8, 4) is 0 Å². The summed E-state index contributed by atoms with van der Waals surface area (Å²) in [7, 11) is 0. The standard InChI is InChI=1S/C17H23N/c1-6-15(7-2)12-18-17(8-3)16-10-9-13(4)14(5)11-16/h6-7,9-11H,1,8,12H2,2-5H3/b15-7+,18-17?. The fourth-order valence-corrected chi connectivity index (χ4v) is 1.79. The maximum atomic E-state index is 4.70. The van der Waals surface area contributed by atoms with Crippen LogP contribution in [0.3, 0.4) is 0 Å². The molecule has 1 heteroatoms. The molecule has 0 fully saturated rings. The van der Waals surface area contributed by atoms with Crippen molar-refractivity contribution in [2.24, 2.45) is 4.99 Å². The summed E-state index contributed by atoms with van der Waals surface area (Å²) in [5.74, 6) is 0. The molecule has 0 N–H and O–H groups in total. The highest BCUT2D eigenvalue weighted by Crippen LogP contribution is 2.13. The van der Waals surface area contributed by atoms with E-state index in [4.69, 9.17) is 4.99 Å². The van der Waals surface area contributed by atoms with Crippen LogP contribution in [0.15, 0.2) is 47.5 Å². The molecular formula is C17H23N. The third kappa shape index (κ3) is 3.69. The predicted octanol–water partition coefficient (Wildman–Crippen LogP) is 4.63. The molecule has 0 aromatic heterocycles. The molecule has 18 heavy (non-hydrogen) atoms. The van der Waals surface area contributed by atoms with Crippen LogP contribution in [0, 0.1) is 13.8 Å².